The van der Waals surface area contributed by atoms with Crippen LogP contribution in [0.3, 0.4) is 0 Å². The number of rotatable bonds is 6. The number of fused-ring (bicyclic) bond motifs is 3. The first kappa shape index (κ1) is 24.5. The van der Waals surface area contributed by atoms with Crippen molar-refractivity contribution in [1.82, 2.24) is 0 Å². The zero-order valence-corrected chi connectivity index (χ0v) is 20.6. The molecule has 0 saturated carbocycles. The van der Waals surface area contributed by atoms with E-state index in [1.54, 1.807) is 44.4 Å². The van der Waals surface area contributed by atoms with Crippen LogP contribution in [0.2, 0.25) is 0 Å². The molecule has 0 fully saturated rings. The van der Waals surface area contributed by atoms with Crippen LogP contribution in [0.15, 0.2) is 54.6 Å². The predicted octanol–water partition coefficient (Wildman–Crippen LogP) is 5.37. The summed E-state index contributed by atoms with van der Waals surface area (Å²) in [5.74, 6) is -1.41. The number of carbonyl (C=O) groups is 3. The number of aryl methyl sites for hydroxylation is 1. The number of methoxy groups -OCH3 is 4. The van der Waals surface area contributed by atoms with E-state index in [2.05, 4.69) is 5.32 Å². The summed E-state index contributed by atoms with van der Waals surface area (Å²) in [6.07, 6.45) is 0. The molecule has 0 atom stereocenters. The lowest BCUT2D eigenvalue weighted by Gasteiger charge is -2.19. The van der Waals surface area contributed by atoms with Gasteiger partial charge in [0.25, 0.3) is 0 Å². The highest BCUT2D eigenvalue weighted by atomic mass is 16.5. The third-order valence-electron chi connectivity index (χ3n) is 6.10. The van der Waals surface area contributed by atoms with Gasteiger partial charge in [-0.1, -0.05) is 30.3 Å². The number of hydrogen-bond donors (Lipinski definition) is 1. The molecule has 2 aliphatic carbocycles. The molecule has 0 radical (unpaired) electrons. The van der Waals surface area contributed by atoms with Crippen LogP contribution in [-0.2, 0) is 14.2 Å². The minimum Gasteiger partial charge on any atom is -0.497 e. The van der Waals surface area contributed by atoms with Crippen molar-refractivity contribution in [2.45, 2.75) is 6.92 Å². The number of benzene rings is 2. The normalized spacial score (nSPS) is 10.7. The van der Waals surface area contributed by atoms with Gasteiger partial charge in [0.15, 0.2) is 0 Å². The molecule has 8 nitrogen and oxygen atoms in total. The summed E-state index contributed by atoms with van der Waals surface area (Å²) in [5, 5.41) is 4.30. The lowest BCUT2D eigenvalue weighted by Crippen LogP contribution is -2.17. The van der Waals surface area contributed by atoms with E-state index in [0.29, 0.717) is 38.9 Å². The Bertz CT molecular complexity index is 1460. The van der Waals surface area contributed by atoms with Gasteiger partial charge in [-0.15, -0.1) is 0 Å². The summed E-state index contributed by atoms with van der Waals surface area (Å²) in [4.78, 5) is 39.4. The van der Waals surface area contributed by atoms with Crippen molar-refractivity contribution >= 4 is 40.1 Å². The van der Waals surface area contributed by atoms with Gasteiger partial charge >= 0.3 is 17.9 Å². The Balaban J connectivity index is 2.24. The van der Waals surface area contributed by atoms with Gasteiger partial charge < -0.3 is 24.3 Å². The second-order valence-electron chi connectivity index (χ2n) is 7.94. The van der Waals surface area contributed by atoms with Gasteiger partial charge in [-0.2, -0.15) is 0 Å². The quantitative estimate of drug-likeness (QED) is 0.286. The molecule has 2 aromatic carbocycles. The standard InChI is InChI=1S/C28H25NO7/c1-15-20-18-9-7-6-8-10-19(18)22(27(31)35-4)23(20)25(29-16-11-13-17(33-2)14-12-16)24(28(32)36-5)21(15)26(30)34-3/h6-14,29H,1-5H3. The highest BCUT2D eigenvalue weighted by Crippen LogP contribution is 2.48. The van der Waals surface area contributed by atoms with E-state index in [9.17, 15) is 14.4 Å². The van der Waals surface area contributed by atoms with Gasteiger partial charge in [-0.3, -0.25) is 0 Å². The van der Waals surface area contributed by atoms with E-state index in [4.69, 9.17) is 18.9 Å². The predicted molar refractivity (Wildman–Crippen MR) is 136 cm³/mol. The van der Waals surface area contributed by atoms with Crippen molar-refractivity contribution < 1.29 is 33.3 Å². The van der Waals surface area contributed by atoms with Crippen LogP contribution in [0.5, 0.6) is 5.75 Å². The van der Waals surface area contributed by atoms with Crippen LogP contribution >= 0.6 is 0 Å². The average molecular weight is 488 g/mol. The molecule has 1 N–H and O–H groups in total. The molecule has 0 unspecified atom stereocenters. The van der Waals surface area contributed by atoms with Crippen molar-refractivity contribution in [1.29, 1.82) is 0 Å². The molecule has 0 aromatic heterocycles. The van der Waals surface area contributed by atoms with Crippen LogP contribution in [0.1, 0.15) is 36.6 Å². The lowest BCUT2D eigenvalue weighted by atomic mass is 9.92. The number of carbonyl (C=O) groups excluding carboxylic acids is 3. The fraction of sp³-hybridized carbons (Fsp3) is 0.179. The maximum atomic E-state index is 13.2. The number of anilines is 2. The zero-order chi connectivity index (χ0) is 26.0. The molecule has 0 spiro atoms. The van der Waals surface area contributed by atoms with Crippen molar-refractivity contribution in [3.63, 3.8) is 0 Å². The number of nitrogens with one attached hydrogen (secondary N) is 1. The topological polar surface area (TPSA) is 100 Å². The van der Waals surface area contributed by atoms with E-state index in [1.807, 2.05) is 24.3 Å². The van der Waals surface area contributed by atoms with E-state index in [-0.39, 0.29) is 22.4 Å². The minimum absolute atomic E-state index is 0.0442. The molecule has 8 heteroatoms. The van der Waals surface area contributed by atoms with Gasteiger partial charge in [-0.25, -0.2) is 14.4 Å². The van der Waals surface area contributed by atoms with Gasteiger partial charge in [0.05, 0.1) is 50.8 Å². The molecule has 2 aromatic rings. The molecule has 0 bridgehead atoms. The Morgan fingerprint density at radius 3 is 1.78 bits per heavy atom. The molecule has 2 aliphatic rings. The largest absolute Gasteiger partial charge is 0.497 e. The van der Waals surface area contributed by atoms with Gasteiger partial charge in [0, 0.05) is 11.1 Å². The van der Waals surface area contributed by atoms with Gasteiger partial charge in [-0.05, 0) is 53.3 Å². The summed E-state index contributed by atoms with van der Waals surface area (Å²) >= 11 is 0. The van der Waals surface area contributed by atoms with E-state index >= 15 is 0 Å². The van der Waals surface area contributed by atoms with Crippen LogP contribution in [-0.4, -0.2) is 46.3 Å². The number of ether oxygens (including phenoxy) is 4. The van der Waals surface area contributed by atoms with Crippen LogP contribution < -0.4 is 10.1 Å². The van der Waals surface area contributed by atoms with Gasteiger partial charge in [0.1, 0.15) is 5.75 Å². The Morgan fingerprint density at radius 1 is 0.639 bits per heavy atom. The van der Waals surface area contributed by atoms with Crippen molar-refractivity contribution in [3.8, 4) is 16.9 Å². The molecule has 36 heavy (non-hydrogen) atoms. The summed E-state index contributed by atoms with van der Waals surface area (Å²) in [7, 11) is 5.32. The van der Waals surface area contributed by atoms with E-state index in [1.165, 1.54) is 21.3 Å². The first-order valence-electron chi connectivity index (χ1n) is 11.0. The van der Waals surface area contributed by atoms with Crippen LogP contribution in [0, 0.1) is 6.92 Å². The smallest absolute Gasteiger partial charge is 0.340 e. The Labute approximate surface area is 208 Å². The number of esters is 3. The summed E-state index contributed by atoms with van der Waals surface area (Å²) in [6, 6.07) is 16.1. The van der Waals surface area contributed by atoms with Gasteiger partial charge in [0.2, 0.25) is 0 Å². The first-order chi connectivity index (χ1) is 17.4. The van der Waals surface area contributed by atoms with Crippen LogP contribution in [0.4, 0.5) is 11.4 Å². The Hall–Kier alpha value is -4.59. The molecule has 0 aliphatic heterocycles. The maximum Gasteiger partial charge on any atom is 0.340 e. The molecule has 184 valence electrons. The highest BCUT2D eigenvalue weighted by molar-refractivity contribution is 6.27. The zero-order valence-electron chi connectivity index (χ0n) is 20.6. The number of hydrogen-bond acceptors (Lipinski definition) is 8. The highest BCUT2D eigenvalue weighted by Gasteiger charge is 2.34. The average Bonchev–Trinajstić information content (AvgIpc) is 3.04. The summed E-state index contributed by atoms with van der Waals surface area (Å²) < 4.78 is 20.5. The molecule has 0 heterocycles. The second kappa shape index (κ2) is 9.95. The third kappa shape index (κ3) is 3.96. The second-order valence-corrected chi connectivity index (χ2v) is 7.94. The van der Waals surface area contributed by atoms with Crippen molar-refractivity contribution in [2.75, 3.05) is 33.8 Å². The minimum atomic E-state index is -0.761. The molecular formula is C28H25NO7. The fourth-order valence-electron chi connectivity index (χ4n) is 4.50. The van der Waals surface area contributed by atoms with Crippen molar-refractivity contribution in [3.05, 3.63) is 76.9 Å². The molecule has 0 saturated heterocycles. The van der Waals surface area contributed by atoms with Crippen LogP contribution in [0.25, 0.3) is 21.9 Å². The van der Waals surface area contributed by atoms with Crippen molar-refractivity contribution in [2.24, 2.45) is 0 Å². The summed E-state index contributed by atoms with van der Waals surface area (Å²) in [5.41, 5.74) is 2.88. The maximum absolute atomic E-state index is 13.2. The summed E-state index contributed by atoms with van der Waals surface area (Å²) in [6.45, 7) is 1.71. The van der Waals surface area contributed by atoms with E-state index < -0.39 is 17.9 Å². The Morgan fingerprint density at radius 2 is 1.19 bits per heavy atom. The Kier molecular flexibility index (Phi) is 6.78. The first-order valence-corrected chi connectivity index (χ1v) is 11.0. The molecular weight excluding hydrogens is 462 g/mol. The monoisotopic (exact) mass is 487 g/mol. The molecule has 4 rings (SSSR count). The SMILES string of the molecule is COC(=O)c1c(C(=O)OC)c(Nc2ccc(OC)cc2)c2c(C(=O)OC)c3cccccc-3c2c1C. The third-order valence-corrected chi connectivity index (χ3v) is 6.10. The van der Waals surface area contributed by atoms with E-state index in [0.717, 1.165) is 0 Å². The lowest BCUT2D eigenvalue weighted by molar-refractivity contribution is 0.0555. The fourth-order valence-corrected chi connectivity index (χ4v) is 4.50. The molecule has 0 amide bonds.